The number of ketones is 1. The summed E-state index contributed by atoms with van der Waals surface area (Å²) in [7, 11) is 0. The molecule has 160 valence electrons. The third-order valence-corrected chi connectivity index (χ3v) is 6.15. The van der Waals surface area contributed by atoms with Gasteiger partial charge in [0, 0.05) is 12.1 Å². The van der Waals surface area contributed by atoms with Crippen molar-refractivity contribution in [3.05, 3.63) is 60.2 Å². The van der Waals surface area contributed by atoms with Gasteiger partial charge in [-0.2, -0.15) is 0 Å². The fraction of sp³-hybridized carbons (Fsp3) is 0.360. The van der Waals surface area contributed by atoms with E-state index in [0.717, 1.165) is 36.8 Å². The average molecular weight is 419 g/mol. The van der Waals surface area contributed by atoms with Gasteiger partial charge in [0.1, 0.15) is 0 Å². The second-order valence-corrected chi connectivity index (χ2v) is 8.10. The SMILES string of the molecule is O=C(CCN1C(=O)[C@H]2CCCC[C@H]2C1=O)OCC(=O)c1ccc(-c2ccccc2)cc1. The monoisotopic (exact) mass is 419 g/mol. The van der Waals surface area contributed by atoms with Crippen LogP contribution in [0, 0.1) is 11.8 Å². The van der Waals surface area contributed by atoms with Gasteiger partial charge in [0.05, 0.1) is 18.3 Å². The van der Waals surface area contributed by atoms with Crippen molar-refractivity contribution < 1.29 is 23.9 Å². The number of ether oxygens (including phenoxy) is 1. The maximum atomic E-state index is 12.4. The summed E-state index contributed by atoms with van der Waals surface area (Å²) in [6, 6.07) is 17.0. The first-order chi connectivity index (χ1) is 15.0. The Bertz CT molecular complexity index is 959. The summed E-state index contributed by atoms with van der Waals surface area (Å²) in [5.41, 5.74) is 2.51. The normalized spacial score (nSPS) is 20.5. The quantitative estimate of drug-likeness (QED) is 0.389. The number of likely N-dealkylation sites (tertiary alicyclic amines) is 1. The van der Waals surface area contributed by atoms with E-state index in [0.29, 0.717) is 5.56 Å². The first kappa shape index (κ1) is 21.0. The molecule has 1 saturated carbocycles. The van der Waals surface area contributed by atoms with Gasteiger partial charge in [-0.05, 0) is 24.0 Å². The number of carbonyl (C=O) groups excluding carboxylic acids is 4. The van der Waals surface area contributed by atoms with Gasteiger partial charge in [-0.3, -0.25) is 24.1 Å². The average Bonchev–Trinajstić information content (AvgIpc) is 3.06. The number of benzene rings is 2. The summed E-state index contributed by atoms with van der Waals surface area (Å²) < 4.78 is 5.08. The number of imide groups is 1. The van der Waals surface area contributed by atoms with E-state index in [1.165, 1.54) is 4.90 Å². The molecule has 2 aliphatic rings. The topological polar surface area (TPSA) is 80.8 Å². The van der Waals surface area contributed by atoms with E-state index in [1.54, 1.807) is 12.1 Å². The summed E-state index contributed by atoms with van der Waals surface area (Å²) >= 11 is 0. The molecule has 2 aromatic rings. The molecule has 1 aliphatic carbocycles. The van der Waals surface area contributed by atoms with Gasteiger partial charge in [-0.25, -0.2) is 0 Å². The Morgan fingerprint density at radius 2 is 1.42 bits per heavy atom. The number of rotatable bonds is 7. The van der Waals surface area contributed by atoms with Crippen molar-refractivity contribution in [1.29, 1.82) is 0 Å². The molecule has 0 unspecified atom stereocenters. The van der Waals surface area contributed by atoms with Crippen LogP contribution in [0.25, 0.3) is 11.1 Å². The van der Waals surface area contributed by atoms with Crippen LogP contribution in [0.3, 0.4) is 0 Å². The molecule has 2 fully saturated rings. The maximum absolute atomic E-state index is 12.4. The molecule has 2 aromatic carbocycles. The van der Waals surface area contributed by atoms with Gasteiger partial charge in [0.25, 0.3) is 0 Å². The van der Waals surface area contributed by atoms with E-state index >= 15 is 0 Å². The molecule has 1 heterocycles. The molecular weight excluding hydrogens is 394 g/mol. The van der Waals surface area contributed by atoms with Crippen LogP contribution < -0.4 is 0 Å². The summed E-state index contributed by atoms with van der Waals surface area (Å²) in [6.07, 6.45) is 3.31. The van der Waals surface area contributed by atoms with Crippen LogP contribution in [0.5, 0.6) is 0 Å². The van der Waals surface area contributed by atoms with E-state index in [4.69, 9.17) is 4.74 Å². The van der Waals surface area contributed by atoms with Crippen molar-refractivity contribution in [3.63, 3.8) is 0 Å². The minimum atomic E-state index is -0.593. The lowest BCUT2D eigenvalue weighted by Crippen LogP contribution is -2.33. The van der Waals surface area contributed by atoms with Gasteiger partial charge in [0.15, 0.2) is 12.4 Å². The number of nitrogens with zero attached hydrogens (tertiary/aromatic N) is 1. The summed E-state index contributed by atoms with van der Waals surface area (Å²) in [5, 5.41) is 0. The van der Waals surface area contributed by atoms with Crippen molar-refractivity contribution in [2.24, 2.45) is 11.8 Å². The largest absolute Gasteiger partial charge is 0.457 e. The molecule has 1 saturated heterocycles. The van der Waals surface area contributed by atoms with Crippen molar-refractivity contribution in [3.8, 4) is 11.1 Å². The van der Waals surface area contributed by atoms with Crippen LogP contribution >= 0.6 is 0 Å². The van der Waals surface area contributed by atoms with Crippen molar-refractivity contribution in [2.45, 2.75) is 32.1 Å². The Morgan fingerprint density at radius 3 is 2.03 bits per heavy atom. The second kappa shape index (κ2) is 9.25. The number of hydrogen-bond acceptors (Lipinski definition) is 5. The van der Waals surface area contributed by atoms with Crippen LogP contribution in [0.1, 0.15) is 42.5 Å². The molecule has 0 spiro atoms. The number of amides is 2. The Hall–Kier alpha value is -3.28. The lowest BCUT2D eigenvalue weighted by Gasteiger charge is -2.19. The van der Waals surface area contributed by atoms with E-state index in [9.17, 15) is 19.2 Å². The van der Waals surface area contributed by atoms with Crippen LogP contribution in [-0.4, -0.2) is 41.6 Å². The molecular formula is C25H25NO5. The second-order valence-electron chi connectivity index (χ2n) is 8.10. The van der Waals surface area contributed by atoms with Crippen LogP contribution in [0.4, 0.5) is 0 Å². The Kier molecular flexibility index (Phi) is 6.26. The Balaban J connectivity index is 1.26. The first-order valence-electron chi connectivity index (χ1n) is 10.7. The van der Waals surface area contributed by atoms with Gasteiger partial charge in [-0.1, -0.05) is 67.4 Å². The number of Topliss-reactive ketones (excluding diaryl/α,β-unsaturated/α-hetero) is 1. The van der Waals surface area contributed by atoms with Gasteiger partial charge in [0.2, 0.25) is 11.8 Å². The van der Waals surface area contributed by atoms with Crippen LogP contribution in [0.15, 0.2) is 54.6 Å². The highest BCUT2D eigenvalue weighted by molar-refractivity contribution is 6.05. The van der Waals surface area contributed by atoms with Crippen LogP contribution in [-0.2, 0) is 19.1 Å². The molecule has 4 rings (SSSR count). The Labute approximate surface area is 181 Å². The molecule has 31 heavy (non-hydrogen) atoms. The first-order valence-corrected chi connectivity index (χ1v) is 10.7. The standard InChI is InChI=1S/C25H25NO5/c27-22(19-12-10-18(11-13-19)17-6-2-1-3-7-17)16-31-23(28)14-15-26-24(29)20-8-4-5-9-21(20)25(26)30/h1-3,6-7,10-13,20-21H,4-5,8-9,14-16H2/t20-,21+. The molecule has 6 heteroatoms. The maximum Gasteiger partial charge on any atom is 0.308 e. The smallest absolute Gasteiger partial charge is 0.308 e. The van der Waals surface area contributed by atoms with Gasteiger partial charge >= 0.3 is 5.97 Å². The van der Waals surface area contributed by atoms with E-state index in [-0.39, 0.29) is 49.0 Å². The zero-order valence-corrected chi connectivity index (χ0v) is 17.3. The highest BCUT2D eigenvalue weighted by Gasteiger charge is 2.47. The summed E-state index contributed by atoms with van der Waals surface area (Å²) in [6.45, 7) is -0.347. The zero-order valence-electron chi connectivity index (χ0n) is 17.3. The third-order valence-electron chi connectivity index (χ3n) is 6.15. The lowest BCUT2D eigenvalue weighted by atomic mass is 9.81. The molecule has 0 aromatic heterocycles. The number of fused-ring (bicyclic) bond motifs is 1. The molecule has 0 N–H and O–H groups in total. The van der Waals surface area contributed by atoms with Crippen molar-refractivity contribution in [1.82, 2.24) is 4.90 Å². The zero-order chi connectivity index (χ0) is 21.8. The van der Waals surface area contributed by atoms with Crippen molar-refractivity contribution >= 4 is 23.6 Å². The lowest BCUT2D eigenvalue weighted by molar-refractivity contribution is -0.145. The fourth-order valence-corrected chi connectivity index (χ4v) is 4.44. The van der Waals surface area contributed by atoms with Gasteiger partial charge < -0.3 is 4.74 Å². The number of hydrogen-bond donors (Lipinski definition) is 0. The third kappa shape index (κ3) is 4.58. The van der Waals surface area contributed by atoms with E-state index in [2.05, 4.69) is 0 Å². The predicted molar refractivity (Wildman–Crippen MR) is 114 cm³/mol. The van der Waals surface area contributed by atoms with E-state index < -0.39 is 5.97 Å². The minimum Gasteiger partial charge on any atom is -0.457 e. The number of carbonyl (C=O) groups is 4. The fourth-order valence-electron chi connectivity index (χ4n) is 4.44. The molecule has 0 radical (unpaired) electrons. The highest BCUT2D eigenvalue weighted by atomic mass is 16.5. The molecule has 6 nitrogen and oxygen atoms in total. The Morgan fingerprint density at radius 1 is 0.839 bits per heavy atom. The molecule has 1 aliphatic heterocycles. The predicted octanol–water partition coefficient (Wildman–Crippen LogP) is 3.64. The molecule has 2 amide bonds. The number of esters is 1. The van der Waals surface area contributed by atoms with Crippen LogP contribution in [0.2, 0.25) is 0 Å². The molecule has 2 atom stereocenters. The van der Waals surface area contributed by atoms with Crippen molar-refractivity contribution in [2.75, 3.05) is 13.2 Å². The van der Waals surface area contributed by atoms with E-state index in [1.807, 2.05) is 42.5 Å². The minimum absolute atomic E-state index is 0.0173. The highest BCUT2D eigenvalue weighted by Crippen LogP contribution is 2.38. The summed E-state index contributed by atoms with van der Waals surface area (Å²) in [5.74, 6) is -1.68. The molecule has 0 bridgehead atoms. The summed E-state index contributed by atoms with van der Waals surface area (Å²) in [4.78, 5) is 50.5. The van der Waals surface area contributed by atoms with Gasteiger partial charge in [-0.15, -0.1) is 0 Å².